The third kappa shape index (κ3) is 2.24. The summed E-state index contributed by atoms with van der Waals surface area (Å²) in [6.45, 7) is 6.29. The Labute approximate surface area is 80.2 Å². The van der Waals surface area contributed by atoms with Crippen LogP contribution in [0.2, 0.25) is 0 Å². The molecule has 0 heterocycles. The number of hydrogen-bond donors (Lipinski definition) is 1. The zero-order chi connectivity index (χ0) is 9.26. The molecule has 1 nitrogen and oxygen atoms in total. The molecule has 1 N–H and O–H groups in total. The fourth-order valence-corrected chi connectivity index (χ4v) is 1.51. The normalized spacial score (nSPS) is 26.8. The van der Waals surface area contributed by atoms with Gasteiger partial charge in [-0.25, -0.2) is 0 Å². The van der Waals surface area contributed by atoms with E-state index in [-0.39, 0.29) is 0 Å². The van der Waals surface area contributed by atoms with Crippen LogP contribution in [0, 0.1) is 5.92 Å². The van der Waals surface area contributed by atoms with E-state index < -0.39 is 0 Å². The molecule has 0 aromatic carbocycles. The summed E-state index contributed by atoms with van der Waals surface area (Å²) in [5.74, 6) is 0.692. The SMILES string of the molecule is C=C(NC1CC1)C1=CC[C@H](C)C=C1. The van der Waals surface area contributed by atoms with Crippen molar-refractivity contribution >= 4 is 0 Å². The van der Waals surface area contributed by atoms with Crippen molar-refractivity contribution in [3.8, 4) is 0 Å². The second kappa shape index (κ2) is 3.41. The van der Waals surface area contributed by atoms with Crippen LogP contribution in [-0.4, -0.2) is 6.04 Å². The van der Waals surface area contributed by atoms with Crippen LogP contribution in [0.1, 0.15) is 26.2 Å². The van der Waals surface area contributed by atoms with Crippen LogP contribution in [0.15, 0.2) is 36.1 Å². The first-order chi connectivity index (χ1) is 6.25. The summed E-state index contributed by atoms with van der Waals surface area (Å²) in [6.07, 6.45) is 10.5. The molecule has 0 amide bonds. The van der Waals surface area contributed by atoms with Gasteiger partial charge in [-0.1, -0.05) is 31.7 Å². The first-order valence-corrected chi connectivity index (χ1v) is 5.10. The van der Waals surface area contributed by atoms with Crippen molar-refractivity contribution in [1.82, 2.24) is 5.32 Å². The molecular weight excluding hydrogens is 158 g/mol. The van der Waals surface area contributed by atoms with Crippen molar-refractivity contribution in [3.05, 3.63) is 36.1 Å². The van der Waals surface area contributed by atoms with Crippen LogP contribution >= 0.6 is 0 Å². The fraction of sp³-hybridized carbons (Fsp3) is 0.500. The first-order valence-electron chi connectivity index (χ1n) is 5.10. The van der Waals surface area contributed by atoms with Gasteiger partial charge in [-0.05, 0) is 30.8 Å². The monoisotopic (exact) mass is 175 g/mol. The van der Waals surface area contributed by atoms with Crippen molar-refractivity contribution in [2.24, 2.45) is 5.92 Å². The molecule has 0 bridgehead atoms. The average Bonchev–Trinajstić information content (AvgIpc) is 2.89. The molecule has 1 atom stereocenters. The van der Waals surface area contributed by atoms with Gasteiger partial charge in [0.1, 0.15) is 0 Å². The van der Waals surface area contributed by atoms with Gasteiger partial charge in [0.25, 0.3) is 0 Å². The Hall–Kier alpha value is -0.980. The Morgan fingerprint density at radius 2 is 2.31 bits per heavy atom. The zero-order valence-corrected chi connectivity index (χ0v) is 8.22. The minimum absolute atomic E-state index is 0.692. The number of allylic oxidation sites excluding steroid dienone is 3. The van der Waals surface area contributed by atoms with Gasteiger partial charge in [0.05, 0.1) is 0 Å². The maximum Gasteiger partial charge on any atom is 0.0339 e. The molecule has 2 aliphatic carbocycles. The molecule has 0 aliphatic heterocycles. The van der Waals surface area contributed by atoms with Crippen molar-refractivity contribution < 1.29 is 0 Å². The standard InChI is InChI=1S/C12H17N/c1-9-3-5-11(6-4-9)10(2)13-12-7-8-12/h3,5-6,9,12-13H,2,4,7-8H2,1H3/t9-/m1/s1. The van der Waals surface area contributed by atoms with Crippen LogP contribution in [0.4, 0.5) is 0 Å². The van der Waals surface area contributed by atoms with E-state index in [0.29, 0.717) is 12.0 Å². The van der Waals surface area contributed by atoms with Crippen LogP contribution in [-0.2, 0) is 0 Å². The summed E-state index contributed by atoms with van der Waals surface area (Å²) in [7, 11) is 0. The summed E-state index contributed by atoms with van der Waals surface area (Å²) < 4.78 is 0. The molecule has 1 heteroatoms. The second-order valence-electron chi connectivity index (χ2n) is 4.13. The lowest BCUT2D eigenvalue weighted by atomic mass is 9.97. The van der Waals surface area contributed by atoms with E-state index in [9.17, 15) is 0 Å². The van der Waals surface area contributed by atoms with E-state index in [2.05, 4.69) is 37.0 Å². The highest BCUT2D eigenvalue weighted by Crippen LogP contribution is 2.24. The maximum absolute atomic E-state index is 4.05. The van der Waals surface area contributed by atoms with Gasteiger partial charge >= 0.3 is 0 Å². The van der Waals surface area contributed by atoms with Gasteiger partial charge in [-0.2, -0.15) is 0 Å². The zero-order valence-electron chi connectivity index (χ0n) is 8.22. The van der Waals surface area contributed by atoms with Crippen LogP contribution in [0.3, 0.4) is 0 Å². The Morgan fingerprint density at radius 3 is 2.85 bits per heavy atom. The topological polar surface area (TPSA) is 12.0 Å². The Balaban J connectivity index is 1.92. The molecule has 0 aromatic rings. The molecule has 0 radical (unpaired) electrons. The number of rotatable bonds is 3. The summed E-state index contributed by atoms with van der Waals surface area (Å²) >= 11 is 0. The highest BCUT2D eigenvalue weighted by molar-refractivity contribution is 5.39. The third-order valence-corrected chi connectivity index (χ3v) is 2.62. The lowest BCUT2D eigenvalue weighted by molar-refractivity contribution is 0.725. The van der Waals surface area contributed by atoms with Gasteiger partial charge in [-0.3, -0.25) is 0 Å². The molecule has 0 unspecified atom stereocenters. The molecule has 0 saturated heterocycles. The molecule has 0 spiro atoms. The van der Waals surface area contributed by atoms with Crippen LogP contribution in [0.5, 0.6) is 0 Å². The van der Waals surface area contributed by atoms with Gasteiger partial charge in [0, 0.05) is 11.7 Å². The van der Waals surface area contributed by atoms with E-state index in [1.807, 2.05) is 0 Å². The van der Waals surface area contributed by atoms with Crippen molar-refractivity contribution in [2.75, 3.05) is 0 Å². The first kappa shape index (κ1) is 8.61. The highest BCUT2D eigenvalue weighted by atomic mass is 15.0. The smallest absolute Gasteiger partial charge is 0.0339 e. The molecule has 0 aromatic heterocycles. The minimum Gasteiger partial charge on any atom is -0.382 e. The molecule has 1 fully saturated rings. The fourth-order valence-electron chi connectivity index (χ4n) is 1.51. The summed E-state index contributed by atoms with van der Waals surface area (Å²) in [4.78, 5) is 0. The second-order valence-corrected chi connectivity index (χ2v) is 4.13. The Morgan fingerprint density at radius 1 is 1.54 bits per heavy atom. The highest BCUT2D eigenvalue weighted by Gasteiger charge is 2.21. The summed E-state index contributed by atoms with van der Waals surface area (Å²) in [5.41, 5.74) is 2.38. The van der Waals surface area contributed by atoms with Crippen LogP contribution in [0.25, 0.3) is 0 Å². The predicted molar refractivity (Wildman–Crippen MR) is 56.3 cm³/mol. The van der Waals surface area contributed by atoms with Crippen molar-refractivity contribution in [1.29, 1.82) is 0 Å². The van der Waals surface area contributed by atoms with Crippen molar-refractivity contribution in [3.63, 3.8) is 0 Å². The van der Waals surface area contributed by atoms with Gasteiger partial charge in [-0.15, -0.1) is 0 Å². The molecule has 70 valence electrons. The lowest BCUT2D eigenvalue weighted by Crippen LogP contribution is -2.16. The quantitative estimate of drug-likeness (QED) is 0.695. The lowest BCUT2D eigenvalue weighted by Gasteiger charge is -2.14. The maximum atomic E-state index is 4.05. The van der Waals surface area contributed by atoms with E-state index in [0.717, 1.165) is 12.1 Å². The Kier molecular flexibility index (Phi) is 2.26. The van der Waals surface area contributed by atoms with E-state index in [4.69, 9.17) is 0 Å². The van der Waals surface area contributed by atoms with Gasteiger partial charge in [0.2, 0.25) is 0 Å². The predicted octanol–water partition coefficient (Wildman–Crippen LogP) is 2.77. The summed E-state index contributed by atoms with van der Waals surface area (Å²) in [5, 5.41) is 3.42. The number of hydrogen-bond acceptors (Lipinski definition) is 1. The third-order valence-electron chi connectivity index (χ3n) is 2.62. The van der Waals surface area contributed by atoms with Crippen LogP contribution < -0.4 is 5.32 Å². The molecule has 2 rings (SSSR count). The molecule has 13 heavy (non-hydrogen) atoms. The van der Waals surface area contributed by atoms with Gasteiger partial charge < -0.3 is 5.32 Å². The van der Waals surface area contributed by atoms with Gasteiger partial charge in [0.15, 0.2) is 0 Å². The van der Waals surface area contributed by atoms with Crippen molar-refractivity contribution in [2.45, 2.75) is 32.2 Å². The van der Waals surface area contributed by atoms with E-state index in [1.54, 1.807) is 0 Å². The molecule has 1 saturated carbocycles. The molecule has 2 aliphatic rings. The number of nitrogens with one attached hydrogen (secondary N) is 1. The van der Waals surface area contributed by atoms with E-state index >= 15 is 0 Å². The largest absolute Gasteiger partial charge is 0.382 e. The minimum atomic E-state index is 0.692. The van der Waals surface area contributed by atoms with E-state index in [1.165, 1.54) is 18.4 Å². The Bertz CT molecular complexity index is 269. The molecular formula is C12H17N. The summed E-state index contributed by atoms with van der Waals surface area (Å²) in [6, 6.07) is 0.709. The average molecular weight is 175 g/mol.